The normalized spacial score (nSPS) is 14.7. The average molecular weight is 222 g/mol. The fourth-order valence-corrected chi connectivity index (χ4v) is 1.57. The first-order valence-electron chi connectivity index (χ1n) is 3.20. The van der Waals surface area contributed by atoms with Gasteiger partial charge in [0.05, 0.1) is 23.7 Å². The van der Waals surface area contributed by atoms with Gasteiger partial charge in [-0.25, -0.2) is 0 Å². The fraction of sp³-hybridized carbons (Fsp3) is 1.00. The lowest BCUT2D eigenvalue weighted by atomic mass is 10.5. The van der Waals surface area contributed by atoms with E-state index in [9.17, 15) is 16.2 Å². The highest BCUT2D eigenvalue weighted by atomic mass is 32.3. The summed E-state index contributed by atoms with van der Waals surface area (Å²) in [6.45, 7) is -0.157. The summed E-state index contributed by atoms with van der Waals surface area (Å²) < 4.78 is 49.4. The van der Waals surface area contributed by atoms with E-state index in [-0.39, 0.29) is 18.8 Å². The summed E-state index contributed by atoms with van der Waals surface area (Å²) in [4.78, 5) is 0. The molecule has 0 unspecified atom stereocenters. The van der Waals surface area contributed by atoms with Crippen LogP contribution in [0.2, 0.25) is 0 Å². The van der Waals surface area contributed by atoms with E-state index in [1.165, 1.54) is 0 Å². The van der Waals surface area contributed by atoms with Crippen LogP contribution in [0.1, 0.15) is 6.42 Å². The van der Waals surface area contributed by atoms with E-state index in [1.807, 2.05) is 0 Å². The maximum Gasteiger partial charge on any atom is 0.264 e. The van der Waals surface area contributed by atoms with E-state index in [0.29, 0.717) is 0 Å². The predicted octanol–water partition coefficient (Wildman–Crippen LogP) is 1.56. The first-order chi connectivity index (χ1) is 5.21. The summed E-state index contributed by atoms with van der Waals surface area (Å²) in [6, 6.07) is 0. The van der Waals surface area contributed by atoms with Crippen LogP contribution in [0.5, 0.6) is 0 Å². The molecular weight excluding hydrogens is 210 g/mol. The largest absolute Gasteiger partial charge is 0.270 e. The summed E-state index contributed by atoms with van der Waals surface area (Å²) in [7, 11) is -6.99. The van der Waals surface area contributed by atoms with E-state index in [0.717, 1.165) is 12.5 Å². The van der Waals surface area contributed by atoms with Gasteiger partial charge in [0.15, 0.2) is 0 Å². The lowest BCUT2D eigenvalue weighted by Crippen LogP contribution is -2.06. The summed E-state index contributed by atoms with van der Waals surface area (Å²) in [5, 5.41) is 0. The zero-order valence-electron chi connectivity index (χ0n) is 6.92. The molecule has 0 aromatic heterocycles. The Morgan fingerprint density at radius 2 is 1.75 bits per heavy atom. The molecule has 0 aliphatic rings. The summed E-state index contributed by atoms with van der Waals surface area (Å²) >= 11 is 0. The van der Waals surface area contributed by atoms with E-state index in [1.54, 1.807) is 0 Å². The molecule has 0 atom stereocenters. The number of halogens is 2. The van der Waals surface area contributed by atoms with Crippen LogP contribution in [0.15, 0.2) is 0 Å². The molecule has 0 spiro atoms. The Labute approximate surface area is 73.1 Å². The zero-order chi connectivity index (χ0) is 9.83. The maximum absolute atomic E-state index is 12.2. The molecule has 0 N–H and O–H groups in total. The SMILES string of the molecule is CS(F)(F)CCCOS(C)(=O)=O. The van der Waals surface area contributed by atoms with Gasteiger partial charge in [-0.3, -0.25) is 4.18 Å². The molecule has 0 saturated carbocycles. The Bertz CT molecular complexity index is 219. The maximum atomic E-state index is 12.2. The van der Waals surface area contributed by atoms with Crippen LogP contribution in [0.4, 0.5) is 7.77 Å². The highest BCUT2D eigenvalue weighted by Crippen LogP contribution is 2.47. The van der Waals surface area contributed by atoms with Crippen LogP contribution >= 0.6 is 10.8 Å². The average Bonchev–Trinajstić information content (AvgIpc) is 1.76. The molecule has 0 aliphatic carbocycles. The molecular formula is C5H12F2O3S2. The Balaban J connectivity index is 3.48. The summed E-state index contributed by atoms with van der Waals surface area (Å²) in [6.07, 6.45) is 1.84. The second-order valence-electron chi connectivity index (χ2n) is 2.46. The van der Waals surface area contributed by atoms with Gasteiger partial charge in [-0.1, -0.05) is 0 Å². The van der Waals surface area contributed by atoms with E-state index >= 15 is 0 Å². The van der Waals surface area contributed by atoms with Crippen LogP contribution in [0.3, 0.4) is 0 Å². The molecule has 0 saturated heterocycles. The van der Waals surface area contributed by atoms with E-state index in [2.05, 4.69) is 4.18 Å². The molecule has 0 aliphatic heterocycles. The molecule has 12 heavy (non-hydrogen) atoms. The first-order valence-corrected chi connectivity index (χ1v) is 7.03. The fourth-order valence-electron chi connectivity index (χ4n) is 0.523. The van der Waals surface area contributed by atoms with Gasteiger partial charge in [0.2, 0.25) is 0 Å². The highest BCUT2D eigenvalue weighted by molar-refractivity contribution is 8.24. The van der Waals surface area contributed by atoms with Crippen LogP contribution in [0.25, 0.3) is 0 Å². The molecule has 0 radical (unpaired) electrons. The van der Waals surface area contributed by atoms with Crippen molar-refractivity contribution in [1.29, 1.82) is 0 Å². The molecule has 76 valence electrons. The Kier molecular flexibility index (Phi) is 4.43. The topological polar surface area (TPSA) is 43.4 Å². The minimum Gasteiger partial charge on any atom is -0.270 e. The minimum atomic E-state index is -3.52. The van der Waals surface area contributed by atoms with Crippen LogP contribution in [0, 0.1) is 0 Å². The molecule has 3 nitrogen and oxygen atoms in total. The van der Waals surface area contributed by atoms with Crippen LogP contribution < -0.4 is 0 Å². The van der Waals surface area contributed by atoms with Crippen molar-refractivity contribution in [3.8, 4) is 0 Å². The Morgan fingerprint density at radius 3 is 2.08 bits per heavy atom. The monoisotopic (exact) mass is 222 g/mol. The molecule has 0 fully saturated rings. The van der Waals surface area contributed by atoms with Crippen LogP contribution in [-0.2, 0) is 14.3 Å². The quantitative estimate of drug-likeness (QED) is 0.523. The Hall–Kier alpha value is 0.120. The molecule has 0 amide bonds. The lowest BCUT2D eigenvalue weighted by Gasteiger charge is -2.13. The molecule has 0 aromatic carbocycles. The summed E-state index contributed by atoms with van der Waals surface area (Å²) in [5.41, 5.74) is 0. The van der Waals surface area contributed by atoms with Crippen LogP contribution in [-0.4, -0.2) is 33.3 Å². The summed E-state index contributed by atoms with van der Waals surface area (Å²) in [5.74, 6) is -0.275. The van der Waals surface area contributed by atoms with Gasteiger partial charge in [0, 0.05) is 12.0 Å². The second-order valence-corrected chi connectivity index (χ2v) is 6.26. The number of hydrogen-bond acceptors (Lipinski definition) is 3. The van der Waals surface area contributed by atoms with Gasteiger partial charge >= 0.3 is 0 Å². The van der Waals surface area contributed by atoms with Gasteiger partial charge in [-0.15, -0.1) is 0 Å². The first kappa shape index (κ1) is 12.1. The van der Waals surface area contributed by atoms with Crippen molar-refractivity contribution >= 4 is 20.9 Å². The Morgan fingerprint density at radius 1 is 1.25 bits per heavy atom. The van der Waals surface area contributed by atoms with Gasteiger partial charge in [0.1, 0.15) is 0 Å². The highest BCUT2D eigenvalue weighted by Gasteiger charge is 2.14. The predicted molar refractivity (Wildman–Crippen MR) is 46.0 cm³/mol. The minimum absolute atomic E-state index is 0.0753. The molecule has 7 heteroatoms. The van der Waals surface area contributed by atoms with Crippen molar-refractivity contribution in [1.82, 2.24) is 0 Å². The van der Waals surface area contributed by atoms with Gasteiger partial charge in [-0.2, -0.15) is 16.2 Å². The smallest absolute Gasteiger partial charge is 0.264 e. The third-order valence-electron chi connectivity index (χ3n) is 0.945. The van der Waals surface area contributed by atoms with Crippen molar-refractivity contribution < 1.29 is 20.4 Å². The number of hydrogen-bond donors (Lipinski definition) is 0. The second kappa shape index (κ2) is 4.38. The van der Waals surface area contributed by atoms with Gasteiger partial charge in [0.25, 0.3) is 10.1 Å². The molecule has 0 rings (SSSR count). The van der Waals surface area contributed by atoms with Crippen molar-refractivity contribution in [2.45, 2.75) is 6.42 Å². The third kappa shape index (κ3) is 10.1. The third-order valence-corrected chi connectivity index (χ3v) is 2.54. The van der Waals surface area contributed by atoms with Gasteiger partial charge in [-0.05, 0) is 6.42 Å². The molecule has 0 aromatic rings. The lowest BCUT2D eigenvalue weighted by molar-refractivity contribution is 0.322. The molecule has 0 bridgehead atoms. The van der Waals surface area contributed by atoms with Crippen molar-refractivity contribution in [2.24, 2.45) is 0 Å². The van der Waals surface area contributed by atoms with E-state index in [4.69, 9.17) is 0 Å². The van der Waals surface area contributed by atoms with E-state index < -0.39 is 20.9 Å². The van der Waals surface area contributed by atoms with Crippen molar-refractivity contribution in [3.05, 3.63) is 0 Å². The van der Waals surface area contributed by atoms with Crippen molar-refractivity contribution in [2.75, 3.05) is 24.9 Å². The number of rotatable bonds is 5. The van der Waals surface area contributed by atoms with Crippen molar-refractivity contribution in [3.63, 3.8) is 0 Å². The standard InChI is InChI=1S/C5H12F2O3S2/c1-11(6,7)5-3-4-10-12(2,8)9/h3-5H2,1-2H3. The van der Waals surface area contributed by atoms with Gasteiger partial charge < -0.3 is 0 Å². The zero-order valence-corrected chi connectivity index (χ0v) is 8.55. The molecule has 0 heterocycles.